The first-order valence-electron chi connectivity index (χ1n) is 4.66. The number of benzene rings is 1. The number of allylic oxidation sites excluding steroid dienone is 1. The summed E-state index contributed by atoms with van der Waals surface area (Å²) in [5, 5.41) is 11.4. The third-order valence-corrected chi connectivity index (χ3v) is 2.26. The van der Waals surface area contributed by atoms with Crippen LogP contribution in [0.25, 0.3) is 6.08 Å². The predicted octanol–water partition coefficient (Wildman–Crippen LogP) is 2.55. The van der Waals surface area contributed by atoms with Gasteiger partial charge < -0.3 is 0 Å². The van der Waals surface area contributed by atoms with E-state index in [-0.39, 0.29) is 0 Å². The van der Waals surface area contributed by atoms with Gasteiger partial charge in [-0.25, -0.2) is 4.68 Å². The van der Waals surface area contributed by atoms with E-state index in [1.54, 1.807) is 6.21 Å². The van der Waals surface area contributed by atoms with E-state index in [0.717, 1.165) is 10.0 Å². The Bertz CT molecular complexity index is 488. The molecule has 0 fully saturated rings. The fourth-order valence-corrected chi connectivity index (χ4v) is 1.48. The van der Waals surface area contributed by atoms with E-state index in [9.17, 15) is 0 Å². The lowest BCUT2D eigenvalue weighted by Gasteiger charge is -1.93. The Labute approximate surface area is 101 Å². The lowest BCUT2D eigenvalue weighted by atomic mass is 10.2. The van der Waals surface area contributed by atoms with Gasteiger partial charge in [0, 0.05) is 4.48 Å². The predicted molar refractivity (Wildman–Crippen MR) is 67.3 cm³/mol. The summed E-state index contributed by atoms with van der Waals surface area (Å²) in [6.07, 6.45) is 6.73. The lowest BCUT2D eigenvalue weighted by molar-refractivity contribution is 0.879. The van der Waals surface area contributed by atoms with Crippen LogP contribution in [0.15, 0.2) is 52.6 Å². The quantitative estimate of drug-likeness (QED) is 0.809. The van der Waals surface area contributed by atoms with Crippen LogP contribution in [0.2, 0.25) is 0 Å². The molecule has 0 bridgehead atoms. The van der Waals surface area contributed by atoms with Gasteiger partial charge in [-0.2, -0.15) is 5.10 Å². The molecule has 5 heteroatoms. The van der Waals surface area contributed by atoms with E-state index in [1.165, 1.54) is 17.3 Å². The fraction of sp³-hybridized carbons (Fsp3) is 0. The lowest BCUT2D eigenvalue weighted by Crippen LogP contribution is -1.84. The summed E-state index contributed by atoms with van der Waals surface area (Å²) >= 11 is 3.42. The maximum Gasteiger partial charge on any atom is 0.141 e. The number of rotatable bonds is 3. The van der Waals surface area contributed by atoms with E-state index >= 15 is 0 Å². The zero-order chi connectivity index (χ0) is 11.2. The van der Waals surface area contributed by atoms with Crippen LogP contribution in [-0.2, 0) is 0 Å². The molecule has 1 aromatic carbocycles. The van der Waals surface area contributed by atoms with Gasteiger partial charge in [0.1, 0.15) is 12.7 Å². The molecule has 0 saturated heterocycles. The number of halogens is 1. The summed E-state index contributed by atoms with van der Waals surface area (Å²) in [4.78, 5) is 0. The Kier molecular flexibility index (Phi) is 3.61. The van der Waals surface area contributed by atoms with Gasteiger partial charge in [-0.1, -0.05) is 30.3 Å². The maximum absolute atomic E-state index is 4.11. The van der Waals surface area contributed by atoms with E-state index in [0.29, 0.717) is 0 Å². The number of aromatic nitrogens is 3. The minimum Gasteiger partial charge on any atom is -0.208 e. The Morgan fingerprint density at radius 2 is 1.88 bits per heavy atom. The molecule has 1 heterocycles. The second-order valence-electron chi connectivity index (χ2n) is 3.03. The summed E-state index contributed by atoms with van der Waals surface area (Å²) < 4.78 is 2.41. The third kappa shape index (κ3) is 3.13. The molecule has 0 aliphatic heterocycles. The van der Waals surface area contributed by atoms with Gasteiger partial charge in [0.2, 0.25) is 0 Å². The largest absolute Gasteiger partial charge is 0.208 e. The zero-order valence-corrected chi connectivity index (χ0v) is 9.95. The Morgan fingerprint density at radius 1 is 1.19 bits per heavy atom. The molecule has 0 aliphatic rings. The summed E-state index contributed by atoms with van der Waals surface area (Å²) in [7, 11) is 0. The van der Waals surface area contributed by atoms with E-state index in [1.807, 2.05) is 36.4 Å². The zero-order valence-electron chi connectivity index (χ0n) is 8.36. The summed E-state index contributed by atoms with van der Waals surface area (Å²) in [5.41, 5.74) is 1.12. The van der Waals surface area contributed by atoms with Gasteiger partial charge in [-0.3, -0.25) is 0 Å². The van der Waals surface area contributed by atoms with Crippen molar-refractivity contribution in [1.82, 2.24) is 14.9 Å². The van der Waals surface area contributed by atoms with Gasteiger partial charge in [0.15, 0.2) is 0 Å². The average Bonchev–Trinajstić information content (AvgIpc) is 2.81. The maximum atomic E-state index is 4.11. The molecular weight excluding hydrogens is 268 g/mol. The highest BCUT2D eigenvalue weighted by atomic mass is 79.9. The van der Waals surface area contributed by atoms with Gasteiger partial charge in [0.25, 0.3) is 0 Å². The monoisotopic (exact) mass is 276 g/mol. The molecule has 1 aromatic heterocycles. The SMILES string of the molecule is BrC(/C=N\n1cnnc1)=C\c1ccccc1. The summed E-state index contributed by atoms with van der Waals surface area (Å²) in [6, 6.07) is 10.0. The van der Waals surface area contributed by atoms with Crippen LogP contribution >= 0.6 is 15.9 Å². The third-order valence-electron chi connectivity index (χ3n) is 1.83. The molecule has 0 unspecified atom stereocenters. The van der Waals surface area contributed by atoms with Gasteiger partial charge in [-0.15, -0.1) is 10.2 Å². The van der Waals surface area contributed by atoms with Crippen molar-refractivity contribution in [3.63, 3.8) is 0 Å². The van der Waals surface area contributed by atoms with E-state index in [4.69, 9.17) is 0 Å². The molecule has 0 saturated carbocycles. The van der Waals surface area contributed by atoms with Crippen molar-refractivity contribution in [1.29, 1.82) is 0 Å². The van der Waals surface area contributed by atoms with Crippen molar-refractivity contribution in [3.05, 3.63) is 53.0 Å². The molecule has 0 amide bonds. The van der Waals surface area contributed by atoms with Crippen LogP contribution in [0.3, 0.4) is 0 Å². The molecule has 0 N–H and O–H groups in total. The highest BCUT2D eigenvalue weighted by Gasteiger charge is 1.89. The molecule has 0 radical (unpaired) electrons. The Hall–Kier alpha value is -1.75. The minimum atomic E-state index is 0.882. The van der Waals surface area contributed by atoms with E-state index < -0.39 is 0 Å². The minimum absolute atomic E-state index is 0.882. The van der Waals surface area contributed by atoms with Gasteiger partial charge in [0.05, 0.1) is 6.21 Å². The second-order valence-corrected chi connectivity index (χ2v) is 3.94. The van der Waals surface area contributed by atoms with Crippen molar-refractivity contribution in [3.8, 4) is 0 Å². The Morgan fingerprint density at radius 3 is 2.56 bits per heavy atom. The van der Waals surface area contributed by atoms with Crippen LogP contribution in [0.5, 0.6) is 0 Å². The van der Waals surface area contributed by atoms with Gasteiger partial charge >= 0.3 is 0 Å². The van der Waals surface area contributed by atoms with Crippen molar-refractivity contribution >= 4 is 28.2 Å². The Balaban J connectivity index is 2.09. The molecule has 80 valence electrons. The standard InChI is InChI=1S/C11H9BrN4/c12-11(6-10-4-2-1-3-5-10)7-15-16-8-13-14-9-16/h1-9H/b11-6-,15-7-. The molecule has 2 rings (SSSR count). The van der Waals surface area contributed by atoms with Crippen molar-refractivity contribution in [2.75, 3.05) is 0 Å². The molecule has 2 aromatic rings. The first kappa shape index (κ1) is 10.8. The first-order chi connectivity index (χ1) is 7.84. The number of nitrogens with zero attached hydrogens (tertiary/aromatic N) is 4. The first-order valence-corrected chi connectivity index (χ1v) is 5.45. The molecule has 0 spiro atoms. The highest BCUT2D eigenvalue weighted by Crippen LogP contribution is 2.09. The van der Waals surface area contributed by atoms with Gasteiger partial charge in [-0.05, 0) is 27.6 Å². The fourth-order valence-electron chi connectivity index (χ4n) is 1.12. The van der Waals surface area contributed by atoms with Crippen LogP contribution in [0.4, 0.5) is 0 Å². The van der Waals surface area contributed by atoms with Crippen LogP contribution in [0.1, 0.15) is 5.56 Å². The smallest absolute Gasteiger partial charge is 0.141 e. The van der Waals surface area contributed by atoms with Crippen molar-refractivity contribution < 1.29 is 0 Å². The topological polar surface area (TPSA) is 43.1 Å². The normalized spacial score (nSPS) is 12.2. The number of hydrogen-bond donors (Lipinski definition) is 0. The molecule has 4 nitrogen and oxygen atoms in total. The van der Waals surface area contributed by atoms with Crippen LogP contribution in [0, 0.1) is 0 Å². The molecule has 16 heavy (non-hydrogen) atoms. The average molecular weight is 277 g/mol. The van der Waals surface area contributed by atoms with E-state index in [2.05, 4.69) is 31.2 Å². The molecule has 0 atom stereocenters. The second kappa shape index (κ2) is 5.37. The van der Waals surface area contributed by atoms with Crippen LogP contribution in [-0.4, -0.2) is 21.1 Å². The highest BCUT2D eigenvalue weighted by molar-refractivity contribution is 9.12. The summed E-state index contributed by atoms with van der Waals surface area (Å²) in [6.45, 7) is 0. The molecular formula is C11H9BrN4. The van der Waals surface area contributed by atoms with Crippen LogP contribution < -0.4 is 0 Å². The van der Waals surface area contributed by atoms with Crippen molar-refractivity contribution in [2.24, 2.45) is 5.10 Å². The molecule has 0 aliphatic carbocycles. The summed E-state index contributed by atoms with van der Waals surface area (Å²) in [5.74, 6) is 0. The number of hydrogen-bond acceptors (Lipinski definition) is 3. The van der Waals surface area contributed by atoms with Crippen molar-refractivity contribution in [2.45, 2.75) is 0 Å².